The highest BCUT2D eigenvalue weighted by Crippen LogP contribution is 2.15. The Morgan fingerprint density at radius 2 is 2.14 bits per heavy atom. The van der Waals surface area contributed by atoms with Crippen molar-refractivity contribution in [2.75, 3.05) is 0 Å². The Kier molecular flexibility index (Phi) is 4.14. The molecule has 0 bridgehead atoms. The maximum atomic E-state index is 6.00. The SMILES string of the molecule is CCC(C)Cn1cncc1[C@H](N)CC. The fraction of sp³-hybridized carbons (Fsp3) is 0.727. The Labute approximate surface area is 86.3 Å². The Morgan fingerprint density at radius 1 is 1.43 bits per heavy atom. The van der Waals surface area contributed by atoms with Gasteiger partial charge in [-0.1, -0.05) is 27.2 Å². The fourth-order valence-corrected chi connectivity index (χ4v) is 1.47. The summed E-state index contributed by atoms with van der Waals surface area (Å²) in [6, 6.07) is 0.126. The first-order chi connectivity index (χ1) is 6.69. The van der Waals surface area contributed by atoms with E-state index in [0.29, 0.717) is 5.92 Å². The van der Waals surface area contributed by atoms with Crippen LogP contribution in [0.3, 0.4) is 0 Å². The standard InChI is InChI=1S/C11H21N3/c1-4-9(3)7-14-8-13-6-11(14)10(12)5-2/h6,8-10H,4-5,7,12H2,1-3H3/t9?,10-/m1/s1. The van der Waals surface area contributed by atoms with Crippen molar-refractivity contribution >= 4 is 0 Å². The van der Waals surface area contributed by atoms with Crippen LogP contribution in [0.5, 0.6) is 0 Å². The number of imidazole rings is 1. The maximum Gasteiger partial charge on any atom is 0.0948 e. The first kappa shape index (κ1) is 11.2. The molecule has 0 radical (unpaired) electrons. The molecule has 80 valence electrons. The summed E-state index contributed by atoms with van der Waals surface area (Å²) in [7, 11) is 0. The molecule has 2 N–H and O–H groups in total. The topological polar surface area (TPSA) is 43.8 Å². The summed E-state index contributed by atoms with van der Waals surface area (Å²) in [5.41, 5.74) is 7.16. The summed E-state index contributed by atoms with van der Waals surface area (Å²) in [5, 5.41) is 0. The minimum atomic E-state index is 0.126. The molecule has 1 unspecified atom stereocenters. The van der Waals surface area contributed by atoms with Gasteiger partial charge in [0.2, 0.25) is 0 Å². The third-order valence-corrected chi connectivity index (χ3v) is 2.77. The van der Waals surface area contributed by atoms with Crippen LogP contribution in [0.4, 0.5) is 0 Å². The van der Waals surface area contributed by atoms with Gasteiger partial charge in [-0.05, 0) is 12.3 Å². The van der Waals surface area contributed by atoms with Gasteiger partial charge in [0.15, 0.2) is 0 Å². The van der Waals surface area contributed by atoms with E-state index in [1.165, 1.54) is 6.42 Å². The fourth-order valence-electron chi connectivity index (χ4n) is 1.47. The van der Waals surface area contributed by atoms with Crippen molar-refractivity contribution in [3.05, 3.63) is 18.2 Å². The van der Waals surface area contributed by atoms with Gasteiger partial charge >= 0.3 is 0 Å². The minimum absolute atomic E-state index is 0.126. The van der Waals surface area contributed by atoms with Crippen molar-refractivity contribution < 1.29 is 0 Å². The van der Waals surface area contributed by atoms with E-state index >= 15 is 0 Å². The lowest BCUT2D eigenvalue weighted by Gasteiger charge is -2.15. The van der Waals surface area contributed by atoms with Crippen LogP contribution in [0.2, 0.25) is 0 Å². The van der Waals surface area contributed by atoms with Gasteiger partial charge in [0.05, 0.1) is 12.0 Å². The average molecular weight is 195 g/mol. The predicted octanol–water partition coefficient (Wildman–Crippen LogP) is 2.34. The van der Waals surface area contributed by atoms with Gasteiger partial charge in [0.1, 0.15) is 0 Å². The third-order valence-electron chi connectivity index (χ3n) is 2.77. The molecule has 0 fully saturated rings. The van der Waals surface area contributed by atoms with Crippen LogP contribution in [0, 0.1) is 5.92 Å². The quantitative estimate of drug-likeness (QED) is 0.783. The molecule has 0 saturated heterocycles. The number of hydrogen-bond acceptors (Lipinski definition) is 2. The van der Waals surface area contributed by atoms with Crippen LogP contribution in [0.1, 0.15) is 45.3 Å². The molecule has 0 aliphatic rings. The van der Waals surface area contributed by atoms with Gasteiger partial charge in [0, 0.05) is 18.8 Å². The van der Waals surface area contributed by atoms with Gasteiger partial charge in [-0.3, -0.25) is 0 Å². The second kappa shape index (κ2) is 5.15. The van der Waals surface area contributed by atoms with Crippen LogP contribution in [0.15, 0.2) is 12.5 Å². The van der Waals surface area contributed by atoms with Crippen LogP contribution >= 0.6 is 0 Å². The van der Waals surface area contributed by atoms with E-state index < -0.39 is 0 Å². The van der Waals surface area contributed by atoms with Gasteiger partial charge in [-0.25, -0.2) is 4.98 Å². The van der Waals surface area contributed by atoms with Crippen molar-refractivity contribution in [2.45, 2.75) is 46.2 Å². The van der Waals surface area contributed by atoms with Gasteiger partial charge in [-0.2, -0.15) is 0 Å². The van der Waals surface area contributed by atoms with Gasteiger partial charge < -0.3 is 10.3 Å². The van der Waals surface area contributed by atoms with Gasteiger partial charge in [-0.15, -0.1) is 0 Å². The molecule has 1 rings (SSSR count). The number of nitrogens with two attached hydrogens (primary N) is 1. The summed E-state index contributed by atoms with van der Waals surface area (Å²) in [6.07, 6.45) is 5.93. The van der Waals surface area contributed by atoms with E-state index in [9.17, 15) is 0 Å². The van der Waals surface area contributed by atoms with E-state index in [4.69, 9.17) is 5.73 Å². The molecule has 1 heterocycles. The predicted molar refractivity (Wildman–Crippen MR) is 58.9 cm³/mol. The molecule has 0 aromatic carbocycles. The van der Waals surface area contributed by atoms with E-state index in [1.807, 2.05) is 12.5 Å². The Bertz CT molecular complexity index is 267. The molecule has 3 nitrogen and oxygen atoms in total. The highest BCUT2D eigenvalue weighted by molar-refractivity contribution is 5.04. The second-order valence-corrected chi connectivity index (χ2v) is 4.00. The summed E-state index contributed by atoms with van der Waals surface area (Å²) >= 11 is 0. The van der Waals surface area contributed by atoms with E-state index in [0.717, 1.165) is 18.7 Å². The van der Waals surface area contributed by atoms with Crippen LogP contribution in [-0.2, 0) is 6.54 Å². The van der Waals surface area contributed by atoms with Gasteiger partial charge in [0.25, 0.3) is 0 Å². The minimum Gasteiger partial charge on any atom is -0.333 e. The van der Waals surface area contributed by atoms with E-state index in [2.05, 4.69) is 30.3 Å². The summed E-state index contributed by atoms with van der Waals surface area (Å²) < 4.78 is 2.18. The van der Waals surface area contributed by atoms with Crippen LogP contribution in [0.25, 0.3) is 0 Å². The van der Waals surface area contributed by atoms with E-state index in [-0.39, 0.29) is 6.04 Å². The lowest BCUT2D eigenvalue weighted by Crippen LogP contribution is -2.16. The zero-order valence-electron chi connectivity index (χ0n) is 9.40. The number of rotatable bonds is 5. The molecule has 14 heavy (non-hydrogen) atoms. The number of aromatic nitrogens is 2. The Hall–Kier alpha value is -0.830. The molecule has 0 amide bonds. The highest BCUT2D eigenvalue weighted by atomic mass is 15.1. The normalized spacial score (nSPS) is 15.4. The van der Waals surface area contributed by atoms with Crippen LogP contribution < -0.4 is 5.73 Å². The molecule has 0 spiro atoms. The number of hydrogen-bond donors (Lipinski definition) is 1. The largest absolute Gasteiger partial charge is 0.333 e. The molecule has 1 aromatic heterocycles. The molecule has 3 heteroatoms. The molecule has 0 aliphatic heterocycles. The summed E-state index contributed by atoms with van der Waals surface area (Å²) in [6.45, 7) is 7.59. The average Bonchev–Trinajstić information content (AvgIpc) is 2.64. The molecule has 2 atom stereocenters. The first-order valence-corrected chi connectivity index (χ1v) is 5.44. The first-order valence-electron chi connectivity index (χ1n) is 5.44. The zero-order chi connectivity index (χ0) is 10.6. The molecular weight excluding hydrogens is 174 g/mol. The lowest BCUT2D eigenvalue weighted by atomic mass is 10.1. The smallest absolute Gasteiger partial charge is 0.0948 e. The Morgan fingerprint density at radius 3 is 2.71 bits per heavy atom. The van der Waals surface area contributed by atoms with Crippen molar-refractivity contribution in [2.24, 2.45) is 11.7 Å². The monoisotopic (exact) mass is 195 g/mol. The summed E-state index contributed by atoms with van der Waals surface area (Å²) in [4.78, 5) is 4.16. The molecule has 1 aromatic rings. The van der Waals surface area contributed by atoms with E-state index in [1.54, 1.807) is 0 Å². The Balaban J connectivity index is 2.72. The lowest BCUT2D eigenvalue weighted by molar-refractivity contribution is 0.449. The summed E-state index contributed by atoms with van der Waals surface area (Å²) in [5.74, 6) is 0.687. The molecular formula is C11H21N3. The zero-order valence-corrected chi connectivity index (χ0v) is 9.40. The highest BCUT2D eigenvalue weighted by Gasteiger charge is 2.10. The maximum absolute atomic E-state index is 6.00. The molecule has 0 saturated carbocycles. The third kappa shape index (κ3) is 2.58. The van der Waals surface area contributed by atoms with Crippen molar-refractivity contribution in [3.63, 3.8) is 0 Å². The van der Waals surface area contributed by atoms with Crippen molar-refractivity contribution in [3.8, 4) is 0 Å². The van der Waals surface area contributed by atoms with Crippen molar-refractivity contribution in [1.29, 1.82) is 0 Å². The van der Waals surface area contributed by atoms with Crippen LogP contribution in [-0.4, -0.2) is 9.55 Å². The molecule has 0 aliphatic carbocycles. The van der Waals surface area contributed by atoms with Crippen molar-refractivity contribution in [1.82, 2.24) is 9.55 Å². The second-order valence-electron chi connectivity index (χ2n) is 4.00. The number of nitrogens with zero attached hydrogens (tertiary/aromatic N) is 2.